The molecule has 2 aliphatic rings. The third-order valence-electron chi connectivity index (χ3n) is 5.42. The van der Waals surface area contributed by atoms with Crippen molar-refractivity contribution in [1.82, 2.24) is 15.1 Å². The fourth-order valence-corrected chi connectivity index (χ4v) is 3.84. The quantitative estimate of drug-likeness (QED) is 0.660. The zero-order valence-corrected chi connectivity index (χ0v) is 18.6. The van der Waals surface area contributed by atoms with Crippen LogP contribution in [0.15, 0.2) is 53.0 Å². The lowest BCUT2D eigenvalue weighted by atomic mass is 10.1. The Morgan fingerprint density at radius 3 is 2.29 bits per heavy atom. The van der Waals surface area contributed by atoms with E-state index in [0.29, 0.717) is 44.1 Å². The summed E-state index contributed by atoms with van der Waals surface area (Å²) in [7, 11) is 0. The van der Waals surface area contributed by atoms with Crippen LogP contribution in [0.2, 0.25) is 0 Å². The molecule has 1 heterocycles. The molecular formula is C23H24BrN3O4. The summed E-state index contributed by atoms with van der Waals surface area (Å²) in [5.41, 5.74) is 1.47. The van der Waals surface area contributed by atoms with Gasteiger partial charge >= 0.3 is 11.8 Å². The van der Waals surface area contributed by atoms with Gasteiger partial charge in [-0.3, -0.25) is 14.4 Å². The molecule has 31 heavy (non-hydrogen) atoms. The first-order valence-corrected chi connectivity index (χ1v) is 11.2. The number of rotatable bonds is 5. The van der Waals surface area contributed by atoms with E-state index >= 15 is 0 Å². The fraction of sp³-hybridized carbons (Fsp3) is 0.348. The number of nitrogens with one attached hydrogen (secondary N) is 1. The molecule has 2 aromatic rings. The largest absolute Gasteiger partial charge is 0.488 e. The van der Waals surface area contributed by atoms with E-state index in [1.54, 1.807) is 23.1 Å². The molecule has 1 aliphatic heterocycles. The Balaban J connectivity index is 1.36. The lowest BCUT2D eigenvalue weighted by Crippen LogP contribution is -2.54. The van der Waals surface area contributed by atoms with Crippen LogP contribution in [0.3, 0.4) is 0 Å². The second-order valence-corrected chi connectivity index (χ2v) is 8.56. The molecule has 1 saturated carbocycles. The Morgan fingerprint density at radius 2 is 1.58 bits per heavy atom. The number of hydrogen-bond acceptors (Lipinski definition) is 4. The predicted octanol–water partition coefficient (Wildman–Crippen LogP) is 2.59. The first-order valence-electron chi connectivity index (χ1n) is 10.4. The Bertz CT molecular complexity index is 984. The van der Waals surface area contributed by atoms with Crippen LogP contribution in [-0.2, 0) is 16.2 Å². The van der Waals surface area contributed by atoms with Gasteiger partial charge in [0.15, 0.2) is 0 Å². The number of nitrogens with zero attached hydrogens (tertiary/aromatic N) is 2. The first kappa shape index (κ1) is 21.4. The monoisotopic (exact) mass is 485 g/mol. The van der Waals surface area contributed by atoms with Crippen molar-refractivity contribution in [2.75, 3.05) is 26.2 Å². The van der Waals surface area contributed by atoms with Crippen molar-refractivity contribution >= 4 is 33.7 Å². The van der Waals surface area contributed by atoms with Gasteiger partial charge in [-0.05, 0) is 31.0 Å². The van der Waals surface area contributed by atoms with Crippen molar-refractivity contribution in [3.8, 4) is 5.75 Å². The van der Waals surface area contributed by atoms with E-state index in [0.717, 1.165) is 22.9 Å². The topological polar surface area (TPSA) is 79.0 Å². The Hall–Kier alpha value is -2.87. The van der Waals surface area contributed by atoms with Crippen LogP contribution in [0.5, 0.6) is 5.75 Å². The normalized spacial score (nSPS) is 16.0. The minimum Gasteiger partial charge on any atom is -0.488 e. The van der Waals surface area contributed by atoms with Crippen LogP contribution < -0.4 is 10.1 Å². The van der Waals surface area contributed by atoms with Gasteiger partial charge in [0.25, 0.3) is 5.91 Å². The minimum atomic E-state index is -0.548. The Morgan fingerprint density at radius 1 is 0.935 bits per heavy atom. The second kappa shape index (κ2) is 9.51. The molecule has 0 radical (unpaired) electrons. The highest BCUT2D eigenvalue weighted by Crippen LogP contribution is 2.24. The molecule has 7 nitrogen and oxygen atoms in total. The summed E-state index contributed by atoms with van der Waals surface area (Å²) < 4.78 is 6.90. The van der Waals surface area contributed by atoms with E-state index in [-0.39, 0.29) is 11.9 Å². The SMILES string of the molecule is O=C(NC1CC1)C(=O)N1CCN(C(=O)c2ccccc2OCc2ccccc2Br)CC1. The smallest absolute Gasteiger partial charge is 0.312 e. The number of hydrogen-bond donors (Lipinski definition) is 1. The highest BCUT2D eigenvalue weighted by molar-refractivity contribution is 9.10. The predicted molar refractivity (Wildman–Crippen MR) is 119 cm³/mol. The van der Waals surface area contributed by atoms with Crippen molar-refractivity contribution in [3.63, 3.8) is 0 Å². The van der Waals surface area contributed by atoms with Crippen LogP contribution in [0, 0.1) is 0 Å². The van der Waals surface area contributed by atoms with Crippen LogP contribution in [0.4, 0.5) is 0 Å². The van der Waals surface area contributed by atoms with E-state index in [1.807, 2.05) is 30.3 Å². The van der Waals surface area contributed by atoms with Gasteiger partial charge in [-0.25, -0.2) is 0 Å². The molecule has 4 rings (SSSR count). The number of carbonyl (C=O) groups excluding carboxylic acids is 3. The summed E-state index contributed by atoms with van der Waals surface area (Å²) in [6.07, 6.45) is 1.87. The zero-order valence-electron chi connectivity index (χ0n) is 17.1. The average Bonchev–Trinajstić information content (AvgIpc) is 3.62. The van der Waals surface area contributed by atoms with Gasteiger partial charge in [-0.1, -0.05) is 46.3 Å². The molecule has 0 aromatic heterocycles. The molecule has 0 bridgehead atoms. The number of benzene rings is 2. The molecular weight excluding hydrogens is 462 g/mol. The summed E-state index contributed by atoms with van der Waals surface area (Å²) in [6.45, 7) is 1.76. The molecule has 2 aromatic carbocycles. The Labute approximate surface area is 189 Å². The van der Waals surface area contributed by atoms with Crippen molar-refractivity contribution in [1.29, 1.82) is 0 Å². The first-order chi connectivity index (χ1) is 15.0. The summed E-state index contributed by atoms with van der Waals surface area (Å²) in [4.78, 5) is 40.6. The van der Waals surface area contributed by atoms with Gasteiger partial charge in [-0.2, -0.15) is 0 Å². The summed E-state index contributed by atoms with van der Waals surface area (Å²) in [6, 6.07) is 15.1. The number of para-hydroxylation sites is 1. The summed E-state index contributed by atoms with van der Waals surface area (Å²) in [5, 5.41) is 2.72. The van der Waals surface area contributed by atoms with Crippen molar-refractivity contribution in [2.45, 2.75) is 25.5 Å². The van der Waals surface area contributed by atoms with Crippen LogP contribution >= 0.6 is 15.9 Å². The number of halogens is 1. The van der Waals surface area contributed by atoms with Crippen molar-refractivity contribution in [2.24, 2.45) is 0 Å². The average molecular weight is 486 g/mol. The standard InChI is InChI=1S/C23H24BrN3O4/c24-19-7-3-1-5-16(19)15-31-20-8-4-2-6-18(20)22(29)26-11-13-27(14-12-26)23(30)21(28)25-17-9-10-17/h1-8,17H,9-15H2,(H,25,28). The maximum Gasteiger partial charge on any atom is 0.312 e. The van der Waals surface area contributed by atoms with E-state index in [1.165, 1.54) is 4.90 Å². The molecule has 0 spiro atoms. The van der Waals surface area contributed by atoms with Gasteiger partial charge in [0.1, 0.15) is 12.4 Å². The van der Waals surface area contributed by atoms with Crippen molar-refractivity contribution in [3.05, 3.63) is 64.1 Å². The molecule has 0 unspecified atom stereocenters. The molecule has 1 N–H and O–H groups in total. The fourth-order valence-electron chi connectivity index (χ4n) is 3.44. The van der Waals surface area contributed by atoms with Gasteiger partial charge in [0.2, 0.25) is 0 Å². The second-order valence-electron chi connectivity index (χ2n) is 7.71. The summed E-state index contributed by atoms with van der Waals surface area (Å²) >= 11 is 3.51. The van der Waals surface area contributed by atoms with E-state index in [4.69, 9.17) is 4.74 Å². The minimum absolute atomic E-state index is 0.141. The maximum absolute atomic E-state index is 13.1. The van der Waals surface area contributed by atoms with Gasteiger partial charge in [0.05, 0.1) is 5.56 Å². The van der Waals surface area contributed by atoms with Crippen molar-refractivity contribution < 1.29 is 19.1 Å². The third kappa shape index (κ3) is 5.25. The molecule has 8 heteroatoms. The third-order valence-corrected chi connectivity index (χ3v) is 6.19. The molecule has 1 aliphatic carbocycles. The lowest BCUT2D eigenvalue weighted by Gasteiger charge is -2.34. The van der Waals surface area contributed by atoms with Crippen LogP contribution in [0.1, 0.15) is 28.8 Å². The number of carbonyl (C=O) groups is 3. The van der Waals surface area contributed by atoms with E-state index < -0.39 is 11.8 Å². The van der Waals surface area contributed by atoms with E-state index in [9.17, 15) is 14.4 Å². The molecule has 3 amide bonds. The highest BCUT2D eigenvalue weighted by Gasteiger charge is 2.32. The number of ether oxygens (including phenoxy) is 1. The summed E-state index contributed by atoms with van der Waals surface area (Å²) in [5.74, 6) is -0.688. The van der Waals surface area contributed by atoms with Gasteiger partial charge in [-0.15, -0.1) is 0 Å². The number of amides is 3. The number of piperazine rings is 1. The van der Waals surface area contributed by atoms with Crippen LogP contribution in [0.25, 0.3) is 0 Å². The van der Waals surface area contributed by atoms with Crippen LogP contribution in [-0.4, -0.2) is 59.7 Å². The molecule has 0 atom stereocenters. The molecule has 1 saturated heterocycles. The van der Waals surface area contributed by atoms with E-state index in [2.05, 4.69) is 21.2 Å². The zero-order chi connectivity index (χ0) is 21.8. The molecule has 162 valence electrons. The Kier molecular flexibility index (Phi) is 6.56. The van der Waals surface area contributed by atoms with Gasteiger partial charge < -0.3 is 19.9 Å². The van der Waals surface area contributed by atoms with Gasteiger partial charge in [0, 0.05) is 42.3 Å². The lowest BCUT2D eigenvalue weighted by molar-refractivity contribution is -0.146. The molecule has 2 fully saturated rings. The highest BCUT2D eigenvalue weighted by atomic mass is 79.9. The maximum atomic E-state index is 13.1.